The van der Waals surface area contributed by atoms with Gasteiger partial charge in [-0.3, -0.25) is 14.1 Å². The molecule has 240 valence electrons. The fourth-order valence-corrected chi connectivity index (χ4v) is 7.65. The summed E-state index contributed by atoms with van der Waals surface area (Å²) in [5, 5.41) is 11.3. The van der Waals surface area contributed by atoms with Gasteiger partial charge < -0.3 is 29.0 Å². The van der Waals surface area contributed by atoms with Crippen LogP contribution in [0.3, 0.4) is 0 Å². The Morgan fingerprint density at radius 1 is 0.955 bits per heavy atom. The van der Waals surface area contributed by atoms with E-state index < -0.39 is 58.2 Å². The van der Waals surface area contributed by atoms with Crippen molar-refractivity contribution in [3.63, 3.8) is 0 Å². The highest BCUT2D eigenvalue weighted by atomic mass is 32.2. The maximum absolute atomic E-state index is 14.7. The second kappa shape index (κ2) is 14.4. The number of amides is 1. The third-order valence-electron chi connectivity index (χ3n) is 7.42. The lowest BCUT2D eigenvalue weighted by Crippen LogP contribution is -2.69. The molecule has 15 heteroatoms. The minimum absolute atomic E-state index is 0.00443. The van der Waals surface area contributed by atoms with Crippen molar-refractivity contribution < 1.29 is 51.4 Å². The fraction of sp³-hybridized carbons (Fsp3) is 0.483. The van der Waals surface area contributed by atoms with Crippen molar-refractivity contribution in [2.45, 2.75) is 51.0 Å². The minimum atomic E-state index is -5.27. The standard InChI is InChI=1S/C29H36N2O11S2/c1-3-41-29(35,42-4-2)24-19-43-20-30(24)26(33)28(27(34)40-18-22-13-9-6-10-14-22)23(15-16-31(28)44(36,37)38)25(32)39-17-21-11-7-5-8-12-21/h5-14,23-24,35H,3-4,15-20H2,1-2H3,(H,36,37,38)/t23?,24-,28-/m0/s1. The summed E-state index contributed by atoms with van der Waals surface area (Å²) >= 11 is 1.19. The molecule has 13 nitrogen and oxygen atoms in total. The topological polar surface area (TPSA) is 169 Å². The van der Waals surface area contributed by atoms with E-state index in [-0.39, 0.29) is 48.8 Å². The number of nitrogens with zero attached hydrogens (tertiary/aromatic N) is 2. The number of hydrogen-bond acceptors (Lipinski definition) is 11. The molecule has 2 heterocycles. The maximum atomic E-state index is 14.7. The Kier molecular flexibility index (Phi) is 11.0. The third kappa shape index (κ3) is 6.93. The van der Waals surface area contributed by atoms with Gasteiger partial charge in [0.2, 0.25) is 5.54 Å². The highest BCUT2D eigenvalue weighted by Gasteiger charge is 2.70. The van der Waals surface area contributed by atoms with Crippen LogP contribution in [0.2, 0.25) is 0 Å². The largest absolute Gasteiger partial charge is 0.461 e. The molecule has 2 aliphatic heterocycles. The highest BCUT2D eigenvalue weighted by Crippen LogP contribution is 2.44. The van der Waals surface area contributed by atoms with E-state index in [9.17, 15) is 32.5 Å². The zero-order valence-electron chi connectivity index (χ0n) is 24.4. The molecule has 2 aromatic rings. The normalized spacial score (nSPS) is 22.6. The quantitative estimate of drug-likeness (QED) is 0.140. The molecule has 0 radical (unpaired) electrons. The average Bonchev–Trinajstić information content (AvgIpc) is 3.67. The Labute approximate surface area is 260 Å². The molecule has 2 fully saturated rings. The highest BCUT2D eigenvalue weighted by molar-refractivity contribution is 7.99. The van der Waals surface area contributed by atoms with Crippen molar-refractivity contribution in [1.29, 1.82) is 0 Å². The summed E-state index contributed by atoms with van der Waals surface area (Å²) in [4.78, 5) is 43.6. The van der Waals surface area contributed by atoms with Crippen LogP contribution in [0.1, 0.15) is 31.4 Å². The first-order chi connectivity index (χ1) is 21.0. The fourth-order valence-electron chi connectivity index (χ4n) is 5.45. The summed E-state index contributed by atoms with van der Waals surface area (Å²) in [6.07, 6.45) is -0.341. The van der Waals surface area contributed by atoms with Gasteiger partial charge in [0.15, 0.2) is 0 Å². The summed E-state index contributed by atoms with van der Waals surface area (Å²) in [5.74, 6) is -7.67. The average molecular weight is 653 g/mol. The predicted molar refractivity (Wildman–Crippen MR) is 158 cm³/mol. The molecule has 1 unspecified atom stereocenters. The molecule has 2 aromatic carbocycles. The monoisotopic (exact) mass is 652 g/mol. The number of benzene rings is 2. The van der Waals surface area contributed by atoms with Crippen molar-refractivity contribution >= 4 is 39.9 Å². The van der Waals surface area contributed by atoms with E-state index >= 15 is 0 Å². The Morgan fingerprint density at radius 2 is 1.50 bits per heavy atom. The Bertz CT molecular complexity index is 1400. The van der Waals surface area contributed by atoms with Crippen LogP contribution in [0.4, 0.5) is 0 Å². The van der Waals surface area contributed by atoms with Gasteiger partial charge in [0, 0.05) is 25.5 Å². The lowest BCUT2D eigenvalue weighted by Gasteiger charge is -2.42. The number of esters is 2. The van der Waals surface area contributed by atoms with Gasteiger partial charge in [0.05, 0.1) is 11.8 Å². The first-order valence-corrected chi connectivity index (χ1v) is 16.6. The SMILES string of the molecule is CCOC(O)(OCC)[C@@H]1CSCN1C(=O)[C@]1(C(=O)OCc2ccccc2)C(C(=O)OCc2ccccc2)CCN1S(=O)(=O)O. The minimum Gasteiger partial charge on any atom is -0.461 e. The molecule has 0 saturated carbocycles. The van der Waals surface area contributed by atoms with Gasteiger partial charge in [0.25, 0.3) is 5.91 Å². The van der Waals surface area contributed by atoms with Crippen molar-refractivity contribution in [2.24, 2.45) is 5.92 Å². The first kappa shape index (κ1) is 33.8. The van der Waals surface area contributed by atoms with Crippen LogP contribution >= 0.6 is 11.8 Å². The van der Waals surface area contributed by atoms with Crippen molar-refractivity contribution in [3.8, 4) is 0 Å². The van der Waals surface area contributed by atoms with Gasteiger partial charge in [-0.15, -0.1) is 11.8 Å². The zero-order valence-corrected chi connectivity index (χ0v) is 26.0. The van der Waals surface area contributed by atoms with Gasteiger partial charge in [-0.05, 0) is 31.4 Å². The van der Waals surface area contributed by atoms with Gasteiger partial charge in [-0.25, -0.2) is 4.79 Å². The van der Waals surface area contributed by atoms with E-state index in [0.717, 1.165) is 4.90 Å². The number of hydrogen-bond donors (Lipinski definition) is 2. The van der Waals surface area contributed by atoms with Crippen LogP contribution in [0.15, 0.2) is 60.7 Å². The molecule has 2 N–H and O–H groups in total. The maximum Gasteiger partial charge on any atom is 0.338 e. The summed E-state index contributed by atoms with van der Waals surface area (Å²) in [6, 6.07) is 15.9. The Balaban J connectivity index is 1.80. The van der Waals surface area contributed by atoms with E-state index in [4.69, 9.17) is 18.9 Å². The molecule has 0 bridgehead atoms. The van der Waals surface area contributed by atoms with E-state index in [1.807, 2.05) is 0 Å². The van der Waals surface area contributed by atoms with Gasteiger partial charge in [-0.1, -0.05) is 60.7 Å². The van der Waals surface area contributed by atoms with Gasteiger partial charge >= 0.3 is 28.2 Å². The van der Waals surface area contributed by atoms with Crippen molar-refractivity contribution in [2.75, 3.05) is 31.4 Å². The summed E-state index contributed by atoms with van der Waals surface area (Å²) in [6.45, 7) is 2.06. The summed E-state index contributed by atoms with van der Waals surface area (Å²) in [5.41, 5.74) is -1.76. The van der Waals surface area contributed by atoms with Crippen LogP contribution < -0.4 is 0 Å². The lowest BCUT2D eigenvalue weighted by molar-refractivity contribution is -0.376. The number of aliphatic hydroxyl groups is 1. The summed E-state index contributed by atoms with van der Waals surface area (Å²) in [7, 11) is -5.27. The molecule has 44 heavy (non-hydrogen) atoms. The van der Waals surface area contributed by atoms with Gasteiger partial charge in [0.1, 0.15) is 19.3 Å². The molecule has 2 aliphatic rings. The van der Waals surface area contributed by atoms with Crippen LogP contribution in [0, 0.1) is 5.92 Å². The second-order valence-corrected chi connectivity index (χ2v) is 12.4. The van der Waals surface area contributed by atoms with E-state index in [1.54, 1.807) is 74.5 Å². The van der Waals surface area contributed by atoms with Crippen LogP contribution in [0.25, 0.3) is 0 Å². The lowest BCUT2D eigenvalue weighted by atomic mass is 9.83. The Morgan fingerprint density at radius 3 is 2.02 bits per heavy atom. The molecule has 2 saturated heterocycles. The van der Waals surface area contributed by atoms with Crippen LogP contribution in [0.5, 0.6) is 0 Å². The molecule has 1 amide bonds. The molecular formula is C29H36N2O11S2. The Hall–Kier alpha value is -3.05. The zero-order chi connectivity index (χ0) is 32.0. The van der Waals surface area contributed by atoms with Crippen molar-refractivity contribution in [3.05, 3.63) is 71.8 Å². The van der Waals surface area contributed by atoms with E-state index in [2.05, 4.69) is 0 Å². The molecule has 3 atom stereocenters. The number of carbonyl (C=O) groups is 3. The summed E-state index contributed by atoms with van der Waals surface area (Å²) < 4.78 is 58.3. The molecule has 0 spiro atoms. The number of carbonyl (C=O) groups excluding carboxylic acids is 3. The second-order valence-electron chi connectivity index (χ2n) is 10.1. The molecule has 4 rings (SSSR count). The van der Waals surface area contributed by atoms with E-state index in [0.29, 0.717) is 11.1 Å². The number of ether oxygens (including phenoxy) is 4. The number of rotatable bonds is 13. The van der Waals surface area contributed by atoms with Crippen molar-refractivity contribution in [1.82, 2.24) is 9.21 Å². The van der Waals surface area contributed by atoms with E-state index in [1.165, 1.54) is 11.8 Å². The van der Waals surface area contributed by atoms with Crippen LogP contribution in [-0.2, 0) is 56.8 Å². The molecule has 0 aliphatic carbocycles. The number of thioether (sulfide) groups is 1. The smallest absolute Gasteiger partial charge is 0.338 e. The molecular weight excluding hydrogens is 616 g/mol. The third-order valence-corrected chi connectivity index (χ3v) is 9.46. The first-order valence-electron chi connectivity index (χ1n) is 14.0. The van der Waals surface area contributed by atoms with Crippen LogP contribution in [-0.4, -0.2) is 94.1 Å². The van der Waals surface area contributed by atoms with Gasteiger partial charge in [-0.2, -0.15) is 12.7 Å². The molecule has 0 aromatic heterocycles. The predicted octanol–water partition coefficient (Wildman–Crippen LogP) is 1.96.